The summed E-state index contributed by atoms with van der Waals surface area (Å²) in [6.45, 7) is 7.58. The van der Waals surface area contributed by atoms with Crippen molar-refractivity contribution in [2.45, 2.75) is 45.8 Å². The molecule has 0 aliphatic carbocycles. The number of hydrogen-bond donors (Lipinski definition) is 1. The normalized spacial score (nSPS) is 16.6. The van der Waals surface area contributed by atoms with Gasteiger partial charge in [0.1, 0.15) is 5.75 Å². The van der Waals surface area contributed by atoms with Crippen LogP contribution in [0.25, 0.3) is 0 Å². The molecule has 0 bridgehead atoms. The molecule has 26 heavy (non-hydrogen) atoms. The highest BCUT2D eigenvalue weighted by Gasteiger charge is 2.30. The topological polar surface area (TPSA) is 70.1 Å². The van der Waals surface area contributed by atoms with Crippen LogP contribution in [0.1, 0.15) is 32.3 Å². The van der Waals surface area contributed by atoms with Crippen LogP contribution in [-0.4, -0.2) is 65.1 Å². The van der Waals surface area contributed by atoms with Crippen molar-refractivity contribution >= 4 is 23.5 Å². The van der Waals surface area contributed by atoms with Gasteiger partial charge < -0.3 is 14.7 Å². The van der Waals surface area contributed by atoms with Gasteiger partial charge in [-0.3, -0.25) is 14.5 Å². The number of amides is 1. The summed E-state index contributed by atoms with van der Waals surface area (Å²) in [5.74, 6) is -0.370. The van der Waals surface area contributed by atoms with E-state index in [1.807, 2.05) is 30.9 Å². The van der Waals surface area contributed by atoms with E-state index in [9.17, 15) is 9.59 Å². The van der Waals surface area contributed by atoms with Crippen LogP contribution in [0.3, 0.4) is 0 Å². The van der Waals surface area contributed by atoms with Crippen LogP contribution in [-0.2, 0) is 9.59 Å². The summed E-state index contributed by atoms with van der Waals surface area (Å²) in [4.78, 5) is 27.4. The molecule has 7 heteroatoms. The van der Waals surface area contributed by atoms with Crippen molar-refractivity contribution in [2.24, 2.45) is 0 Å². The molecule has 0 aromatic heterocycles. The van der Waals surface area contributed by atoms with Gasteiger partial charge in [-0.05, 0) is 50.9 Å². The molecule has 1 aliphatic rings. The van der Waals surface area contributed by atoms with Crippen LogP contribution < -0.4 is 4.74 Å². The smallest absolute Gasteiger partial charge is 0.317 e. The maximum absolute atomic E-state index is 12.7. The SMILES string of the molecule is CCN(CC(=O)O)C1CCN(C(=O)[C@H](C)Oc2cc(C)ccc2Cl)CC1. The number of likely N-dealkylation sites (N-methyl/N-ethyl adjacent to an activating group) is 1. The molecule has 0 spiro atoms. The Bertz CT molecular complexity index is 644. The molecule has 0 radical (unpaired) electrons. The minimum absolute atomic E-state index is 0.0421. The molecule has 1 aromatic rings. The summed E-state index contributed by atoms with van der Waals surface area (Å²) < 4.78 is 5.78. The second-order valence-electron chi connectivity index (χ2n) is 6.71. The van der Waals surface area contributed by atoms with Crippen molar-refractivity contribution in [2.75, 3.05) is 26.2 Å². The molecular weight excluding hydrogens is 356 g/mol. The van der Waals surface area contributed by atoms with Crippen molar-refractivity contribution < 1.29 is 19.4 Å². The predicted octanol–water partition coefficient (Wildman–Crippen LogP) is 2.81. The average Bonchev–Trinajstić information content (AvgIpc) is 2.62. The quantitative estimate of drug-likeness (QED) is 0.785. The molecule has 144 valence electrons. The number of hydrogen-bond acceptors (Lipinski definition) is 4. The highest BCUT2D eigenvalue weighted by atomic mass is 35.5. The van der Waals surface area contributed by atoms with Gasteiger partial charge in [-0.2, -0.15) is 0 Å². The highest BCUT2D eigenvalue weighted by molar-refractivity contribution is 6.32. The molecule has 2 rings (SSSR count). The predicted molar refractivity (Wildman–Crippen MR) is 101 cm³/mol. The van der Waals surface area contributed by atoms with Crippen LogP contribution in [0.5, 0.6) is 5.75 Å². The van der Waals surface area contributed by atoms with E-state index >= 15 is 0 Å². The number of benzene rings is 1. The lowest BCUT2D eigenvalue weighted by Gasteiger charge is -2.38. The fourth-order valence-corrected chi connectivity index (χ4v) is 3.49. The third-order valence-electron chi connectivity index (χ3n) is 4.78. The molecule has 1 amide bonds. The molecule has 1 aromatic carbocycles. The number of nitrogens with zero attached hydrogens (tertiary/aromatic N) is 2. The highest BCUT2D eigenvalue weighted by Crippen LogP contribution is 2.27. The fraction of sp³-hybridized carbons (Fsp3) is 0.579. The summed E-state index contributed by atoms with van der Waals surface area (Å²) in [5, 5.41) is 9.49. The molecule has 1 aliphatic heterocycles. The number of carbonyl (C=O) groups excluding carboxylic acids is 1. The summed E-state index contributed by atoms with van der Waals surface area (Å²) in [6.07, 6.45) is 0.919. The molecule has 1 fully saturated rings. The number of rotatable bonds is 7. The van der Waals surface area contributed by atoms with E-state index in [2.05, 4.69) is 0 Å². The molecule has 0 saturated carbocycles. The van der Waals surface area contributed by atoms with Gasteiger partial charge in [0, 0.05) is 19.1 Å². The van der Waals surface area contributed by atoms with E-state index in [1.54, 1.807) is 17.9 Å². The molecule has 1 N–H and O–H groups in total. The van der Waals surface area contributed by atoms with Gasteiger partial charge in [-0.1, -0.05) is 24.6 Å². The number of aryl methyl sites for hydroxylation is 1. The summed E-state index contributed by atoms with van der Waals surface area (Å²) in [5.41, 5.74) is 1.02. The third-order valence-corrected chi connectivity index (χ3v) is 5.09. The van der Waals surface area contributed by atoms with Crippen LogP contribution in [0, 0.1) is 6.92 Å². The Morgan fingerprint density at radius 1 is 1.38 bits per heavy atom. The summed E-state index contributed by atoms with van der Waals surface area (Å²) in [7, 11) is 0. The Balaban J connectivity index is 1.91. The first-order valence-corrected chi connectivity index (χ1v) is 9.37. The van der Waals surface area contributed by atoms with Crippen LogP contribution in [0.15, 0.2) is 18.2 Å². The second kappa shape index (κ2) is 9.24. The monoisotopic (exact) mass is 382 g/mol. The lowest BCUT2D eigenvalue weighted by molar-refractivity contribution is -0.142. The third kappa shape index (κ3) is 5.35. The van der Waals surface area contributed by atoms with E-state index in [0.29, 0.717) is 30.4 Å². The van der Waals surface area contributed by atoms with Gasteiger partial charge in [0.25, 0.3) is 5.91 Å². The Hall–Kier alpha value is -1.79. The molecule has 6 nitrogen and oxygen atoms in total. The van der Waals surface area contributed by atoms with Gasteiger partial charge in [-0.25, -0.2) is 0 Å². The van der Waals surface area contributed by atoms with E-state index in [0.717, 1.165) is 18.4 Å². The van der Waals surface area contributed by atoms with Crippen molar-refractivity contribution in [1.82, 2.24) is 9.80 Å². The minimum Gasteiger partial charge on any atom is -0.480 e. The Kier molecular flexibility index (Phi) is 7.29. The number of likely N-dealkylation sites (tertiary alicyclic amines) is 1. The maximum Gasteiger partial charge on any atom is 0.317 e. The van der Waals surface area contributed by atoms with Gasteiger partial charge >= 0.3 is 5.97 Å². The van der Waals surface area contributed by atoms with E-state index in [4.69, 9.17) is 21.4 Å². The van der Waals surface area contributed by atoms with Gasteiger partial charge in [0.2, 0.25) is 0 Å². The first-order valence-electron chi connectivity index (χ1n) is 8.99. The van der Waals surface area contributed by atoms with Gasteiger partial charge in [0.15, 0.2) is 6.10 Å². The standard InChI is InChI=1S/C19H27ClN2O4/c1-4-21(12-18(23)24)15-7-9-22(10-8-15)19(25)14(3)26-17-11-13(2)5-6-16(17)20/h5-6,11,14-15H,4,7-10,12H2,1-3H3,(H,23,24)/t14-/m0/s1. The average molecular weight is 383 g/mol. The number of aliphatic carboxylic acids is 1. The fourth-order valence-electron chi connectivity index (χ4n) is 3.32. The lowest BCUT2D eigenvalue weighted by Crippen LogP contribution is -2.50. The Morgan fingerprint density at radius 2 is 2.04 bits per heavy atom. The molecule has 1 saturated heterocycles. The van der Waals surface area contributed by atoms with Gasteiger partial charge in [-0.15, -0.1) is 0 Å². The van der Waals surface area contributed by atoms with Crippen molar-refractivity contribution in [1.29, 1.82) is 0 Å². The molecule has 1 atom stereocenters. The van der Waals surface area contributed by atoms with Crippen LogP contribution in [0.4, 0.5) is 0 Å². The maximum atomic E-state index is 12.7. The lowest BCUT2D eigenvalue weighted by atomic mass is 10.0. The number of carbonyl (C=O) groups is 2. The zero-order valence-corrected chi connectivity index (χ0v) is 16.3. The zero-order valence-electron chi connectivity index (χ0n) is 15.6. The van der Waals surface area contributed by atoms with Gasteiger partial charge in [0.05, 0.1) is 11.6 Å². The Labute approximate surface area is 159 Å². The molecular formula is C19H27ClN2O4. The number of halogens is 1. The van der Waals surface area contributed by atoms with E-state index in [1.165, 1.54) is 0 Å². The first-order chi connectivity index (χ1) is 12.3. The van der Waals surface area contributed by atoms with E-state index < -0.39 is 12.1 Å². The minimum atomic E-state index is -0.817. The summed E-state index contributed by atoms with van der Waals surface area (Å²) in [6, 6.07) is 5.67. The number of ether oxygens (including phenoxy) is 1. The largest absolute Gasteiger partial charge is 0.480 e. The number of carboxylic acids is 1. The zero-order chi connectivity index (χ0) is 19.3. The second-order valence-corrected chi connectivity index (χ2v) is 7.11. The van der Waals surface area contributed by atoms with Crippen molar-refractivity contribution in [3.05, 3.63) is 28.8 Å². The molecule has 1 heterocycles. The van der Waals surface area contributed by atoms with Crippen molar-refractivity contribution in [3.8, 4) is 5.75 Å². The first kappa shape index (κ1) is 20.5. The number of piperidine rings is 1. The van der Waals surface area contributed by atoms with Crippen molar-refractivity contribution in [3.63, 3.8) is 0 Å². The molecule has 0 unspecified atom stereocenters. The van der Waals surface area contributed by atoms with Crippen LogP contribution in [0.2, 0.25) is 5.02 Å². The van der Waals surface area contributed by atoms with E-state index in [-0.39, 0.29) is 18.5 Å². The Morgan fingerprint density at radius 3 is 2.62 bits per heavy atom. The van der Waals surface area contributed by atoms with Crippen LogP contribution >= 0.6 is 11.6 Å². The summed E-state index contributed by atoms with van der Waals surface area (Å²) >= 11 is 6.14. The number of carboxylic acid groups (broad SMARTS) is 1.